The van der Waals surface area contributed by atoms with Gasteiger partial charge in [-0.25, -0.2) is 14.4 Å². The van der Waals surface area contributed by atoms with Crippen LogP contribution >= 0.6 is 0 Å². The van der Waals surface area contributed by atoms with Crippen LogP contribution in [0.3, 0.4) is 0 Å². The molecule has 0 saturated heterocycles. The van der Waals surface area contributed by atoms with Gasteiger partial charge in [-0.2, -0.15) is 0 Å². The Bertz CT molecular complexity index is 1190. The number of H-pyrrole nitrogens is 1. The van der Waals surface area contributed by atoms with E-state index in [0.717, 1.165) is 22.0 Å². The summed E-state index contributed by atoms with van der Waals surface area (Å²) in [5.41, 5.74) is 3.33. The van der Waals surface area contributed by atoms with E-state index in [9.17, 15) is 19.2 Å². The van der Waals surface area contributed by atoms with Crippen molar-refractivity contribution in [3.8, 4) is 0 Å². The summed E-state index contributed by atoms with van der Waals surface area (Å²) in [4.78, 5) is 51.4. The highest BCUT2D eigenvalue weighted by Gasteiger charge is 2.17. The summed E-state index contributed by atoms with van der Waals surface area (Å²) in [6, 6.07) is 9.55. The molecule has 1 amide bonds. The molecular formula is C23H22N2O7. The molecule has 9 heteroatoms. The van der Waals surface area contributed by atoms with Gasteiger partial charge in [-0.1, -0.05) is 6.07 Å². The van der Waals surface area contributed by atoms with Crippen molar-refractivity contribution in [3.63, 3.8) is 0 Å². The fraction of sp³-hybridized carbons (Fsp3) is 0.217. The molecule has 0 atom stereocenters. The number of aryl methyl sites for hydroxylation is 2. The molecule has 0 unspecified atom stereocenters. The van der Waals surface area contributed by atoms with Crippen LogP contribution in [0.4, 0.5) is 5.69 Å². The molecule has 32 heavy (non-hydrogen) atoms. The van der Waals surface area contributed by atoms with Gasteiger partial charge in [-0.15, -0.1) is 0 Å². The number of methoxy groups -OCH3 is 2. The topological polar surface area (TPSA) is 124 Å². The molecule has 0 bridgehead atoms. The number of amides is 1. The van der Waals surface area contributed by atoms with E-state index in [0.29, 0.717) is 0 Å². The van der Waals surface area contributed by atoms with Crippen LogP contribution < -0.4 is 5.32 Å². The zero-order chi connectivity index (χ0) is 23.4. The molecule has 0 radical (unpaired) electrons. The summed E-state index contributed by atoms with van der Waals surface area (Å²) in [5, 5.41) is 3.38. The molecule has 9 nitrogen and oxygen atoms in total. The van der Waals surface area contributed by atoms with Gasteiger partial charge in [0.05, 0.1) is 25.3 Å². The molecule has 2 N–H and O–H groups in total. The molecule has 2 aromatic carbocycles. The summed E-state index contributed by atoms with van der Waals surface area (Å²) in [7, 11) is 2.38. The number of fused-ring (bicyclic) bond motifs is 1. The van der Waals surface area contributed by atoms with E-state index in [-0.39, 0.29) is 22.5 Å². The highest BCUT2D eigenvalue weighted by molar-refractivity contribution is 6.01. The van der Waals surface area contributed by atoms with E-state index in [2.05, 4.69) is 19.8 Å². The molecule has 166 valence electrons. The lowest BCUT2D eigenvalue weighted by Gasteiger charge is -2.10. The van der Waals surface area contributed by atoms with Gasteiger partial charge in [0.15, 0.2) is 6.61 Å². The lowest BCUT2D eigenvalue weighted by atomic mass is 10.1. The number of hydrogen-bond acceptors (Lipinski definition) is 7. The second kappa shape index (κ2) is 9.34. The largest absolute Gasteiger partial charge is 0.465 e. The van der Waals surface area contributed by atoms with Gasteiger partial charge >= 0.3 is 17.9 Å². The third kappa shape index (κ3) is 4.94. The second-order valence-electron chi connectivity index (χ2n) is 7.13. The van der Waals surface area contributed by atoms with Crippen molar-refractivity contribution in [2.75, 3.05) is 26.1 Å². The maximum Gasteiger partial charge on any atom is 0.355 e. The van der Waals surface area contributed by atoms with Gasteiger partial charge < -0.3 is 24.5 Å². The van der Waals surface area contributed by atoms with E-state index >= 15 is 0 Å². The number of benzene rings is 2. The Morgan fingerprint density at radius 1 is 0.844 bits per heavy atom. The minimum Gasteiger partial charge on any atom is -0.465 e. The van der Waals surface area contributed by atoms with E-state index in [1.54, 1.807) is 6.07 Å². The van der Waals surface area contributed by atoms with Crippen molar-refractivity contribution in [2.24, 2.45) is 0 Å². The van der Waals surface area contributed by atoms with Crippen LogP contribution in [-0.2, 0) is 19.0 Å². The molecule has 0 fully saturated rings. The van der Waals surface area contributed by atoms with Crippen LogP contribution in [0, 0.1) is 13.8 Å². The van der Waals surface area contributed by atoms with Gasteiger partial charge in [0.25, 0.3) is 5.91 Å². The number of aromatic nitrogens is 1. The Morgan fingerprint density at radius 3 is 2.06 bits per heavy atom. The first-order chi connectivity index (χ1) is 15.2. The zero-order valence-electron chi connectivity index (χ0n) is 18.0. The molecular weight excluding hydrogens is 416 g/mol. The molecule has 0 spiro atoms. The number of anilines is 1. The monoisotopic (exact) mass is 438 g/mol. The highest BCUT2D eigenvalue weighted by atomic mass is 16.5. The minimum atomic E-state index is -0.693. The first kappa shape index (κ1) is 22.5. The number of rotatable bonds is 6. The lowest BCUT2D eigenvalue weighted by molar-refractivity contribution is -0.119. The van der Waals surface area contributed by atoms with Crippen LogP contribution in [-0.4, -0.2) is 49.6 Å². The zero-order valence-corrected chi connectivity index (χ0v) is 18.0. The molecule has 0 saturated carbocycles. The number of carbonyl (C=O) groups is 4. The number of aromatic amines is 1. The average Bonchev–Trinajstić information content (AvgIpc) is 3.20. The summed E-state index contributed by atoms with van der Waals surface area (Å²) in [6.07, 6.45) is 0. The molecule has 0 aliphatic rings. The fourth-order valence-electron chi connectivity index (χ4n) is 3.29. The molecule has 3 aromatic rings. The van der Waals surface area contributed by atoms with Crippen molar-refractivity contribution in [1.29, 1.82) is 0 Å². The summed E-state index contributed by atoms with van der Waals surface area (Å²) >= 11 is 0. The van der Waals surface area contributed by atoms with Crippen LogP contribution in [0.25, 0.3) is 10.9 Å². The van der Waals surface area contributed by atoms with Gasteiger partial charge in [0.1, 0.15) is 5.69 Å². The fourth-order valence-corrected chi connectivity index (χ4v) is 3.29. The predicted octanol–water partition coefficient (Wildman–Crippen LogP) is 3.15. The summed E-state index contributed by atoms with van der Waals surface area (Å²) in [6.45, 7) is 3.33. The molecule has 1 heterocycles. The standard InChI is InChI=1S/C23H22N2O7/c1-12-5-13(2)17-10-19(25-18(17)6-12)23(29)32-11-20(26)24-16-8-14(21(27)30-3)7-15(9-16)22(28)31-4/h5-10,25H,11H2,1-4H3,(H,24,26). The predicted molar refractivity (Wildman–Crippen MR) is 116 cm³/mol. The highest BCUT2D eigenvalue weighted by Crippen LogP contribution is 2.22. The Balaban J connectivity index is 1.70. The average molecular weight is 438 g/mol. The summed E-state index contributed by atoms with van der Waals surface area (Å²) in [5.74, 6) is -2.73. The Morgan fingerprint density at radius 2 is 1.47 bits per heavy atom. The number of hydrogen-bond donors (Lipinski definition) is 2. The van der Waals surface area contributed by atoms with Crippen molar-refractivity contribution < 1.29 is 33.4 Å². The Kier molecular flexibility index (Phi) is 6.58. The SMILES string of the molecule is COC(=O)c1cc(NC(=O)COC(=O)c2cc3c(C)cc(C)cc3[nH]2)cc(C(=O)OC)c1. The van der Waals surface area contributed by atoms with Crippen LogP contribution in [0.15, 0.2) is 36.4 Å². The molecule has 0 aliphatic carbocycles. The molecule has 3 rings (SSSR count). The third-order valence-electron chi connectivity index (χ3n) is 4.70. The number of ether oxygens (including phenoxy) is 3. The third-order valence-corrected chi connectivity index (χ3v) is 4.70. The maximum absolute atomic E-state index is 12.4. The Hall–Kier alpha value is -4.14. The van der Waals surface area contributed by atoms with E-state index in [1.165, 1.54) is 32.4 Å². The second-order valence-corrected chi connectivity index (χ2v) is 7.13. The van der Waals surface area contributed by atoms with Crippen LogP contribution in [0.2, 0.25) is 0 Å². The molecule has 1 aromatic heterocycles. The van der Waals surface area contributed by atoms with Crippen LogP contribution in [0.1, 0.15) is 42.3 Å². The number of nitrogens with one attached hydrogen (secondary N) is 2. The van der Waals surface area contributed by atoms with Crippen molar-refractivity contribution >= 4 is 40.4 Å². The van der Waals surface area contributed by atoms with Gasteiger partial charge in [0, 0.05) is 16.6 Å². The Labute approximate surface area is 183 Å². The van der Waals surface area contributed by atoms with Gasteiger partial charge in [-0.05, 0) is 55.3 Å². The molecule has 0 aliphatic heterocycles. The minimum absolute atomic E-state index is 0.0476. The first-order valence-electron chi connectivity index (χ1n) is 9.60. The van der Waals surface area contributed by atoms with Gasteiger partial charge in [-0.3, -0.25) is 4.79 Å². The van der Waals surface area contributed by atoms with Crippen molar-refractivity contribution in [1.82, 2.24) is 4.98 Å². The quantitative estimate of drug-likeness (QED) is 0.447. The normalized spacial score (nSPS) is 10.5. The van der Waals surface area contributed by atoms with Crippen molar-refractivity contribution in [2.45, 2.75) is 13.8 Å². The number of carbonyl (C=O) groups excluding carboxylic acids is 4. The van der Waals surface area contributed by atoms with E-state index < -0.39 is 30.4 Å². The van der Waals surface area contributed by atoms with E-state index in [1.807, 2.05) is 26.0 Å². The smallest absolute Gasteiger partial charge is 0.355 e. The maximum atomic E-state index is 12.4. The van der Waals surface area contributed by atoms with E-state index in [4.69, 9.17) is 4.74 Å². The van der Waals surface area contributed by atoms with Gasteiger partial charge in [0.2, 0.25) is 0 Å². The van der Waals surface area contributed by atoms with Crippen molar-refractivity contribution in [3.05, 3.63) is 64.3 Å². The first-order valence-corrected chi connectivity index (χ1v) is 9.60. The summed E-state index contributed by atoms with van der Waals surface area (Å²) < 4.78 is 14.4. The lowest BCUT2D eigenvalue weighted by Crippen LogP contribution is -2.21. The van der Waals surface area contributed by atoms with Crippen LogP contribution in [0.5, 0.6) is 0 Å². The number of esters is 3.